The van der Waals surface area contributed by atoms with E-state index in [1.807, 2.05) is 34.7 Å². The summed E-state index contributed by atoms with van der Waals surface area (Å²) in [6.45, 7) is 10.9. The van der Waals surface area contributed by atoms with Gasteiger partial charge in [-0.3, -0.25) is 9.59 Å². The third-order valence-electron chi connectivity index (χ3n) is 4.31. The molecule has 0 aromatic carbocycles. The van der Waals surface area contributed by atoms with Gasteiger partial charge >= 0.3 is 0 Å². The van der Waals surface area contributed by atoms with Crippen molar-refractivity contribution in [1.29, 1.82) is 0 Å². The maximum Gasteiger partial charge on any atom is 0.242 e. The Labute approximate surface area is 161 Å². The van der Waals surface area contributed by atoms with Gasteiger partial charge in [0.1, 0.15) is 6.04 Å². The van der Waals surface area contributed by atoms with Crippen LogP contribution < -0.4 is 21.3 Å². The number of hydrogen-bond donors (Lipinski definition) is 4. The highest BCUT2D eigenvalue weighted by molar-refractivity contribution is 7.11. The molecule has 2 amide bonds. The molecule has 1 aromatic rings. The minimum atomic E-state index is -0.513. The summed E-state index contributed by atoms with van der Waals surface area (Å²) >= 11 is 1.80. The largest absolute Gasteiger partial charge is 0.355 e. The van der Waals surface area contributed by atoms with E-state index in [0.29, 0.717) is 13.1 Å². The number of amides is 2. The third-order valence-corrected chi connectivity index (χ3v) is 5.34. The lowest BCUT2D eigenvalue weighted by Crippen LogP contribution is -2.55. The number of carbonyl (C=O) groups excluding carboxylic acids is 2. The summed E-state index contributed by atoms with van der Waals surface area (Å²) in [5.41, 5.74) is 0. The normalized spacial score (nSPS) is 14.7. The van der Waals surface area contributed by atoms with E-state index in [1.54, 1.807) is 11.3 Å². The van der Waals surface area contributed by atoms with Crippen molar-refractivity contribution in [3.05, 3.63) is 21.9 Å². The molecular formula is C19H34N4O2S. The summed E-state index contributed by atoms with van der Waals surface area (Å²) in [6, 6.07) is 3.64. The standard InChI is InChI=1S/C19H34N4O2S/c1-7-21-19(25)17(12(2)3)23-18(24)14(5)22-11-15(20-6)10-16-9-8-13(4)26-16/h8-9,12,14-15,17,20,22H,7,10-11H2,1-6H3,(H,21,25)(H,23,24)/t14-,15?,17-/m0/s1. The van der Waals surface area contributed by atoms with Crippen molar-refractivity contribution in [2.24, 2.45) is 5.92 Å². The molecule has 6 nitrogen and oxygen atoms in total. The zero-order valence-electron chi connectivity index (χ0n) is 16.8. The van der Waals surface area contributed by atoms with Crippen LogP contribution in [0.5, 0.6) is 0 Å². The van der Waals surface area contributed by atoms with E-state index in [0.717, 1.165) is 6.42 Å². The number of carbonyl (C=O) groups is 2. The molecule has 3 atom stereocenters. The molecule has 0 saturated heterocycles. The average molecular weight is 383 g/mol. The van der Waals surface area contributed by atoms with E-state index in [4.69, 9.17) is 0 Å². The van der Waals surface area contributed by atoms with E-state index in [1.165, 1.54) is 9.75 Å². The van der Waals surface area contributed by atoms with Gasteiger partial charge in [0, 0.05) is 28.9 Å². The minimum absolute atomic E-state index is 0.0322. The number of aryl methyl sites for hydroxylation is 1. The topological polar surface area (TPSA) is 82.3 Å². The quantitative estimate of drug-likeness (QED) is 0.467. The van der Waals surface area contributed by atoms with Crippen molar-refractivity contribution in [1.82, 2.24) is 21.3 Å². The number of hydrogen-bond acceptors (Lipinski definition) is 5. The van der Waals surface area contributed by atoms with E-state index in [2.05, 4.69) is 40.3 Å². The van der Waals surface area contributed by atoms with Gasteiger partial charge in [0.05, 0.1) is 6.04 Å². The summed E-state index contributed by atoms with van der Waals surface area (Å²) in [6.07, 6.45) is 0.921. The Morgan fingerprint density at radius 3 is 2.35 bits per heavy atom. The molecule has 1 rings (SSSR count). The van der Waals surface area contributed by atoms with Crippen LogP contribution in [0.15, 0.2) is 12.1 Å². The first-order valence-corrected chi connectivity index (χ1v) is 10.1. The van der Waals surface area contributed by atoms with E-state index in [9.17, 15) is 9.59 Å². The molecule has 1 aromatic heterocycles. The molecule has 0 bridgehead atoms. The highest BCUT2D eigenvalue weighted by atomic mass is 32.1. The van der Waals surface area contributed by atoms with Gasteiger partial charge in [-0.25, -0.2) is 0 Å². The Kier molecular flexibility index (Phi) is 9.83. The van der Waals surface area contributed by atoms with Crippen molar-refractivity contribution in [3.63, 3.8) is 0 Å². The second-order valence-corrected chi connectivity index (χ2v) is 8.33. The van der Waals surface area contributed by atoms with Crippen LogP contribution in [0.3, 0.4) is 0 Å². The number of rotatable bonds is 11. The number of thiophene rings is 1. The molecule has 0 saturated carbocycles. The van der Waals surface area contributed by atoms with Gasteiger partial charge in [0.2, 0.25) is 11.8 Å². The molecule has 0 spiro atoms. The van der Waals surface area contributed by atoms with Gasteiger partial charge in [-0.05, 0) is 52.3 Å². The first kappa shape index (κ1) is 22.6. The smallest absolute Gasteiger partial charge is 0.242 e. The van der Waals surface area contributed by atoms with E-state index >= 15 is 0 Å². The van der Waals surface area contributed by atoms with Crippen LogP contribution in [0.25, 0.3) is 0 Å². The lowest BCUT2D eigenvalue weighted by Gasteiger charge is -2.25. The van der Waals surface area contributed by atoms with Gasteiger partial charge < -0.3 is 21.3 Å². The molecule has 4 N–H and O–H groups in total. The highest BCUT2D eigenvalue weighted by Gasteiger charge is 2.25. The van der Waals surface area contributed by atoms with Crippen molar-refractivity contribution >= 4 is 23.2 Å². The molecule has 0 fully saturated rings. The predicted molar refractivity (Wildman–Crippen MR) is 109 cm³/mol. The van der Waals surface area contributed by atoms with Crippen LogP contribution in [0.4, 0.5) is 0 Å². The first-order valence-electron chi connectivity index (χ1n) is 9.32. The van der Waals surface area contributed by atoms with Gasteiger partial charge in [0.25, 0.3) is 0 Å². The first-order chi connectivity index (χ1) is 12.3. The highest BCUT2D eigenvalue weighted by Crippen LogP contribution is 2.16. The molecule has 0 aliphatic rings. The predicted octanol–water partition coefficient (Wildman–Crippen LogP) is 1.44. The average Bonchev–Trinajstić information content (AvgIpc) is 3.00. The summed E-state index contributed by atoms with van der Waals surface area (Å²) in [5.74, 6) is -0.259. The second-order valence-electron chi connectivity index (χ2n) is 6.96. The summed E-state index contributed by atoms with van der Waals surface area (Å²) in [5, 5.41) is 12.2. The Morgan fingerprint density at radius 1 is 1.15 bits per heavy atom. The van der Waals surface area contributed by atoms with Gasteiger partial charge in [0.15, 0.2) is 0 Å². The van der Waals surface area contributed by atoms with Crippen LogP contribution in [0.1, 0.15) is 37.4 Å². The summed E-state index contributed by atoms with van der Waals surface area (Å²) < 4.78 is 0. The van der Waals surface area contributed by atoms with Crippen LogP contribution in [-0.2, 0) is 16.0 Å². The van der Waals surface area contributed by atoms with Crippen molar-refractivity contribution in [2.45, 2.75) is 59.2 Å². The molecule has 26 heavy (non-hydrogen) atoms. The minimum Gasteiger partial charge on any atom is -0.355 e. The molecule has 1 heterocycles. The van der Waals surface area contributed by atoms with Crippen LogP contribution in [-0.4, -0.2) is 50.1 Å². The van der Waals surface area contributed by atoms with Gasteiger partial charge in [-0.1, -0.05) is 13.8 Å². The van der Waals surface area contributed by atoms with Crippen molar-refractivity contribution in [3.8, 4) is 0 Å². The fourth-order valence-corrected chi connectivity index (χ4v) is 3.59. The van der Waals surface area contributed by atoms with E-state index < -0.39 is 6.04 Å². The Bertz CT molecular complexity index is 574. The Balaban J connectivity index is 2.52. The van der Waals surface area contributed by atoms with E-state index in [-0.39, 0.29) is 29.8 Å². The summed E-state index contributed by atoms with van der Waals surface area (Å²) in [4.78, 5) is 27.2. The Morgan fingerprint density at radius 2 is 1.85 bits per heavy atom. The van der Waals surface area contributed by atoms with Crippen LogP contribution in [0, 0.1) is 12.8 Å². The SMILES string of the molecule is CCNC(=O)[C@@H](NC(=O)[C@H](C)NCC(Cc1ccc(C)s1)NC)C(C)C. The zero-order chi connectivity index (χ0) is 19.7. The monoisotopic (exact) mass is 382 g/mol. The molecule has 0 radical (unpaired) electrons. The van der Waals surface area contributed by atoms with Gasteiger partial charge in [-0.2, -0.15) is 0 Å². The van der Waals surface area contributed by atoms with Crippen molar-refractivity contribution < 1.29 is 9.59 Å². The van der Waals surface area contributed by atoms with Crippen LogP contribution in [0.2, 0.25) is 0 Å². The second kappa shape index (κ2) is 11.3. The van der Waals surface area contributed by atoms with Crippen LogP contribution >= 0.6 is 11.3 Å². The molecule has 1 unspecified atom stereocenters. The summed E-state index contributed by atoms with van der Waals surface area (Å²) in [7, 11) is 1.93. The molecule has 0 aliphatic heterocycles. The number of likely N-dealkylation sites (N-methyl/N-ethyl adjacent to an activating group) is 2. The maximum absolute atomic E-state index is 12.5. The zero-order valence-corrected chi connectivity index (χ0v) is 17.6. The number of nitrogens with one attached hydrogen (secondary N) is 4. The lowest BCUT2D eigenvalue weighted by molar-refractivity contribution is -0.130. The Hall–Kier alpha value is -1.44. The van der Waals surface area contributed by atoms with Gasteiger partial charge in [-0.15, -0.1) is 11.3 Å². The fourth-order valence-electron chi connectivity index (χ4n) is 2.62. The molecular weight excluding hydrogens is 348 g/mol. The molecule has 148 valence electrons. The van der Waals surface area contributed by atoms with Crippen molar-refractivity contribution in [2.75, 3.05) is 20.1 Å². The molecule has 0 aliphatic carbocycles. The fraction of sp³-hybridized carbons (Fsp3) is 0.684. The third kappa shape index (κ3) is 7.43. The lowest BCUT2D eigenvalue weighted by atomic mass is 10.0. The maximum atomic E-state index is 12.5. The molecule has 7 heteroatoms.